The molecule has 4 rings (SSSR count). The molecule has 0 saturated carbocycles. The Hall–Kier alpha value is -3.43. The van der Waals surface area contributed by atoms with Crippen LogP contribution in [0, 0.1) is 11.8 Å². The lowest BCUT2D eigenvalue weighted by atomic mass is 9.72. The smallest absolute Gasteiger partial charge is 0.306 e. The van der Waals surface area contributed by atoms with E-state index in [2.05, 4.69) is 5.32 Å². The molecule has 38 heavy (non-hydrogen) atoms. The summed E-state index contributed by atoms with van der Waals surface area (Å²) in [6, 6.07) is 13.7. The van der Waals surface area contributed by atoms with E-state index in [0.717, 1.165) is 11.1 Å². The molecule has 0 aliphatic carbocycles. The molecule has 2 bridgehead atoms. The number of piperidine rings is 1. The summed E-state index contributed by atoms with van der Waals surface area (Å²) < 4.78 is 28.2. The molecular formula is C29H35NO8. The van der Waals surface area contributed by atoms with E-state index in [-0.39, 0.29) is 31.8 Å². The molecule has 0 unspecified atom stereocenters. The zero-order chi connectivity index (χ0) is 26.9. The normalized spacial score (nSPS) is 23.5. The topological polar surface area (TPSA) is 109 Å². The first kappa shape index (κ1) is 27.6. The van der Waals surface area contributed by atoms with E-state index in [1.807, 2.05) is 48.5 Å². The fourth-order valence-electron chi connectivity index (χ4n) is 5.14. The largest absolute Gasteiger partial charge is 0.491 e. The molecule has 2 aliphatic heterocycles. The fourth-order valence-corrected chi connectivity index (χ4v) is 5.14. The number of benzene rings is 2. The van der Waals surface area contributed by atoms with Crippen LogP contribution in [0.4, 0.5) is 0 Å². The Morgan fingerprint density at radius 2 is 1.21 bits per heavy atom. The summed E-state index contributed by atoms with van der Waals surface area (Å²) in [5, 5.41) is 3.62. The van der Waals surface area contributed by atoms with Gasteiger partial charge < -0.3 is 29.0 Å². The van der Waals surface area contributed by atoms with Crippen LogP contribution in [-0.2, 0) is 28.6 Å². The summed E-state index contributed by atoms with van der Waals surface area (Å²) in [7, 11) is 0. The van der Waals surface area contributed by atoms with Crippen LogP contribution < -0.4 is 14.8 Å². The van der Waals surface area contributed by atoms with Crippen LogP contribution in [-0.4, -0.2) is 57.4 Å². The van der Waals surface area contributed by atoms with Crippen molar-refractivity contribution in [2.24, 2.45) is 11.8 Å². The van der Waals surface area contributed by atoms with Gasteiger partial charge in [-0.1, -0.05) is 36.4 Å². The lowest BCUT2D eigenvalue weighted by Crippen LogP contribution is -2.50. The van der Waals surface area contributed by atoms with Crippen molar-refractivity contribution >= 4 is 17.7 Å². The van der Waals surface area contributed by atoms with E-state index in [1.165, 1.54) is 0 Å². The second kappa shape index (κ2) is 13.4. The first-order valence-electron chi connectivity index (χ1n) is 13.2. The van der Waals surface area contributed by atoms with Crippen LogP contribution in [0.25, 0.3) is 0 Å². The molecular weight excluding hydrogens is 490 g/mol. The van der Waals surface area contributed by atoms with Crippen molar-refractivity contribution in [2.45, 2.75) is 38.8 Å². The number of hydrogen-bond acceptors (Lipinski definition) is 9. The average Bonchev–Trinajstić information content (AvgIpc) is 2.91. The van der Waals surface area contributed by atoms with Crippen molar-refractivity contribution in [3.63, 3.8) is 0 Å². The quantitative estimate of drug-likeness (QED) is 0.566. The van der Waals surface area contributed by atoms with Crippen LogP contribution in [0.3, 0.4) is 0 Å². The lowest BCUT2D eigenvalue weighted by molar-refractivity contribution is -0.151. The van der Waals surface area contributed by atoms with Gasteiger partial charge in [-0.3, -0.25) is 14.4 Å². The summed E-state index contributed by atoms with van der Waals surface area (Å²) in [5.74, 6) is -1.54. The predicted octanol–water partition coefficient (Wildman–Crippen LogP) is 3.57. The Kier molecular flexibility index (Phi) is 9.73. The average molecular weight is 526 g/mol. The molecule has 1 saturated heterocycles. The van der Waals surface area contributed by atoms with E-state index < -0.39 is 35.9 Å². The van der Waals surface area contributed by atoms with Crippen molar-refractivity contribution < 1.29 is 38.1 Å². The minimum atomic E-state index is -0.785. The molecule has 4 atom stereocenters. The van der Waals surface area contributed by atoms with Crippen molar-refractivity contribution in [3.8, 4) is 11.5 Å². The Bertz CT molecular complexity index is 1040. The van der Waals surface area contributed by atoms with E-state index >= 15 is 0 Å². The second-order valence-corrected chi connectivity index (χ2v) is 9.14. The third-order valence-corrected chi connectivity index (χ3v) is 6.76. The number of para-hydroxylation sites is 2. The molecule has 1 fully saturated rings. The van der Waals surface area contributed by atoms with Crippen LogP contribution in [0.2, 0.25) is 0 Å². The maximum Gasteiger partial charge on any atom is 0.306 e. The van der Waals surface area contributed by atoms with Gasteiger partial charge in [-0.15, -0.1) is 0 Å². The molecule has 9 heteroatoms. The molecule has 2 aromatic carbocycles. The maximum absolute atomic E-state index is 14.2. The monoisotopic (exact) mass is 525 g/mol. The third kappa shape index (κ3) is 6.52. The number of rotatable bonds is 6. The van der Waals surface area contributed by atoms with Crippen LogP contribution in [0.5, 0.6) is 11.5 Å². The number of ketones is 1. The summed E-state index contributed by atoms with van der Waals surface area (Å²) in [5.41, 5.74) is 1.48. The van der Waals surface area contributed by atoms with Crippen molar-refractivity contribution in [1.82, 2.24) is 5.32 Å². The van der Waals surface area contributed by atoms with Gasteiger partial charge in [0.25, 0.3) is 0 Å². The first-order valence-corrected chi connectivity index (χ1v) is 13.2. The summed E-state index contributed by atoms with van der Waals surface area (Å²) in [6.07, 6.45) is -0.266. The van der Waals surface area contributed by atoms with Gasteiger partial charge in [-0.2, -0.15) is 0 Å². The molecule has 2 aromatic rings. The van der Waals surface area contributed by atoms with E-state index in [4.69, 9.17) is 23.7 Å². The predicted molar refractivity (Wildman–Crippen MR) is 138 cm³/mol. The number of carbonyl (C=O) groups excluding carboxylic acids is 3. The van der Waals surface area contributed by atoms with Crippen LogP contribution >= 0.6 is 0 Å². The number of carbonyl (C=O) groups is 3. The van der Waals surface area contributed by atoms with E-state index in [0.29, 0.717) is 37.9 Å². The van der Waals surface area contributed by atoms with Crippen molar-refractivity contribution in [2.75, 3.05) is 39.6 Å². The Morgan fingerprint density at radius 3 is 1.66 bits per heavy atom. The van der Waals surface area contributed by atoms with Gasteiger partial charge in [0.1, 0.15) is 30.5 Å². The minimum Gasteiger partial charge on any atom is -0.491 e. The fraction of sp³-hybridized carbons (Fsp3) is 0.483. The van der Waals surface area contributed by atoms with Gasteiger partial charge in [-0.25, -0.2) is 0 Å². The molecule has 204 valence electrons. The SMILES string of the molecule is CCOC(=O)C[C@@H]1C(=O)[C@@H](CC(=O)OCC)[C@H]2N[C@@H]1c1ccccc1OCCOCCOc1ccccc12. The van der Waals surface area contributed by atoms with Gasteiger partial charge in [0.05, 0.1) is 39.3 Å². The van der Waals surface area contributed by atoms with Crippen molar-refractivity contribution in [1.29, 1.82) is 0 Å². The Morgan fingerprint density at radius 1 is 0.763 bits per heavy atom. The minimum absolute atomic E-state index is 0.133. The molecule has 9 nitrogen and oxygen atoms in total. The molecule has 1 N–H and O–H groups in total. The molecule has 0 spiro atoms. The summed E-state index contributed by atoms with van der Waals surface area (Å²) >= 11 is 0. The van der Waals surface area contributed by atoms with Gasteiger partial charge >= 0.3 is 11.9 Å². The molecule has 0 aromatic heterocycles. The number of hydrogen-bond donors (Lipinski definition) is 1. The number of Topliss-reactive ketones (excluding diaryl/α,β-unsaturated/α-hetero) is 1. The van der Waals surface area contributed by atoms with Crippen LogP contribution in [0.1, 0.15) is 49.9 Å². The van der Waals surface area contributed by atoms with Gasteiger partial charge in [0, 0.05) is 35.0 Å². The number of nitrogens with one attached hydrogen (secondary N) is 1. The zero-order valence-corrected chi connectivity index (χ0v) is 21.9. The lowest BCUT2D eigenvalue weighted by Gasteiger charge is -2.42. The van der Waals surface area contributed by atoms with Gasteiger partial charge in [-0.05, 0) is 26.0 Å². The highest BCUT2D eigenvalue weighted by atomic mass is 16.5. The molecule has 0 radical (unpaired) electrons. The Balaban J connectivity index is 1.83. The van der Waals surface area contributed by atoms with Gasteiger partial charge in [0.2, 0.25) is 0 Å². The first-order chi connectivity index (χ1) is 18.5. The highest BCUT2D eigenvalue weighted by molar-refractivity contribution is 5.92. The molecule has 2 aliphatic rings. The van der Waals surface area contributed by atoms with E-state index in [9.17, 15) is 14.4 Å². The standard InChI is InChI=1S/C29H35NO8/c1-3-35-25(31)17-21-27-19-9-5-7-11-23(19)37-15-13-34-14-16-38-24-12-8-6-10-20(24)28(30-27)22(29(21)33)18-26(32)36-4-2/h5-12,21-22,27-28,30H,3-4,13-18H2,1-2H3/t21-,22-,27-,28+/m0/s1. The third-order valence-electron chi connectivity index (χ3n) is 6.76. The Labute approximate surface area is 222 Å². The number of esters is 2. The number of fused-ring (bicyclic) bond motifs is 6. The van der Waals surface area contributed by atoms with Gasteiger partial charge in [0.15, 0.2) is 0 Å². The molecule has 0 amide bonds. The second-order valence-electron chi connectivity index (χ2n) is 9.14. The summed E-state index contributed by atoms with van der Waals surface area (Å²) in [6.45, 7) is 5.22. The van der Waals surface area contributed by atoms with Crippen molar-refractivity contribution in [3.05, 3.63) is 59.7 Å². The zero-order valence-electron chi connectivity index (χ0n) is 21.9. The highest BCUT2D eigenvalue weighted by Gasteiger charge is 2.47. The summed E-state index contributed by atoms with van der Waals surface area (Å²) in [4.78, 5) is 39.5. The highest BCUT2D eigenvalue weighted by Crippen LogP contribution is 2.45. The maximum atomic E-state index is 14.2. The van der Waals surface area contributed by atoms with E-state index in [1.54, 1.807) is 13.8 Å². The van der Waals surface area contributed by atoms with Crippen LogP contribution in [0.15, 0.2) is 48.5 Å². The number of ether oxygens (including phenoxy) is 5. The molecule has 2 heterocycles.